The molecule has 2 aromatic rings. The number of rotatable bonds is 5. The second-order valence-corrected chi connectivity index (χ2v) is 14.3. The van der Waals surface area contributed by atoms with Crippen LogP contribution in [0.25, 0.3) is 5.57 Å². The Hall–Kier alpha value is -2.19. The summed E-state index contributed by atoms with van der Waals surface area (Å²) in [6.45, 7) is 38.7. The zero-order chi connectivity index (χ0) is 34.8. The Bertz CT molecular complexity index is 1350. The summed E-state index contributed by atoms with van der Waals surface area (Å²) in [4.78, 5) is 0. The average Bonchev–Trinajstić information content (AvgIpc) is 3.11. The monoisotopic (exact) mass is 657 g/mol. The maximum absolute atomic E-state index is 6.61. The van der Waals surface area contributed by atoms with Gasteiger partial charge in [0.2, 0.25) is 0 Å². The second kappa shape index (κ2) is 17.5. The first-order valence-electron chi connectivity index (χ1n) is 15.5. The molecule has 244 valence electrons. The average molecular weight is 659 g/mol. The van der Waals surface area contributed by atoms with Crippen molar-refractivity contribution < 1.29 is 0 Å². The molecule has 1 aliphatic carbocycles. The first-order chi connectivity index (χ1) is 20.2. The van der Waals surface area contributed by atoms with Gasteiger partial charge in [0.05, 0.1) is 0 Å². The molecule has 0 radical (unpaired) electrons. The molecule has 1 fully saturated rings. The Kier molecular flexibility index (Phi) is 16.6. The van der Waals surface area contributed by atoms with Crippen LogP contribution in [0.4, 0.5) is 5.69 Å². The fourth-order valence-electron chi connectivity index (χ4n) is 5.37. The Balaban J connectivity index is 0.000000679. The molecular formula is C40H58Cl3N. The maximum atomic E-state index is 6.61. The van der Waals surface area contributed by atoms with Crippen molar-refractivity contribution in [1.82, 2.24) is 0 Å². The third-order valence-corrected chi connectivity index (χ3v) is 10.6. The molecule has 0 aromatic heterocycles. The van der Waals surface area contributed by atoms with Crippen LogP contribution in [-0.4, -0.2) is 4.33 Å². The van der Waals surface area contributed by atoms with Gasteiger partial charge in [0, 0.05) is 16.1 Å². The molecule has 4 heteroatoms. The summed E-state index contributed by atoms with van der Waals surface area (Å²) in [6, 6.07) is 10.2. The van der Waals surface area contributed by atoms with Crippen LogP contribution in [0.1, 0.15) is 103 Å². The number of benzene rings is 2. The van der Waals surface area contributed by atoms with Crippen molar-refractivity contribution in [3.63, 3.8) is 0 Å². The molecule has 1 unspecified atom stereocenters. The number of nitrogens with two attached hydrogens (primary N) is 1. The lowest BCUT2D eigenvalue weighted by Crippen LogP contribution is -2.40. The zero-order valence-electron chi connectivity index (χ0n) is 29.7. The SMILES string of the molecule is C=C(C)/C(C)=C\C(C)=C/C.C=C(C)c1cc(N)ccc1C.C=C[C@]1(C)CC(Cl)(Cl)C(C)[C@@]1(C)c1cc(C)c(C)c(Cl)c1.CC. The molecule has 0 amide bonds. The number of hydrogen-bond donors (Lipinski definition) is 1. The van der Waals surface area contributed by atoms with E-state index in [-0.39, 0.29) is 16.7 Å². The maximum Gasteiger partial charge on any atom is 0.122 e. The summed E-state index contributed by atoms with van der Waals surface area (Å²) in [5.41, 5.74) is 16.7. The summed E-state index contributed by atoms with van der Waals surface area (Å²) in [5.74, 6) is 0.0921. The number of allylic oxidation sites excluding steroid dienone is 7. The van der Waals surface area contributed by atoms with Gasteiger partial charge in [-0.2, -0.15) is 0 Å². The molecule has 44 heavy (non-hydrogen) atoms. The molecule has 0 spiro atoms. The number of nitrogen functional groups attached to an aromatic ring is 1. The van der Waals surface area contributed by atoms with E-state index in [2.05, 4.69) is 92.5 Å². The van der Waals surface area contributed by atoms with E-state index in [1.165, 1.54) is 27.8 Å². The van der Waals surface area contributed by atoms with Gasteiger partial charge >= 0.3 is 0 Å². The van der Waals surface area contributed by atoms with Crippen molar-refractivity contribution in [2.24, 2.45) is 11.3 Å². The molecule has 1 nitrogen and oxygen atoms in total. The summed E-state index contributed by atoms with van der Waals surface area (Å²) >= 11 is 19.6. The highest BCUT2D eigenvalue weighted by Crippen LogP contribution is 2.65. The molecule has 2 N–H and O–H groups in total. The number of hydrogen-bond acceptors (Lipinski definition) is 1. The minimum Gasteiger partial charge on any atom is -0.399 e. The van der Waals surface area contributed by atoms with Gasteiger partial charge in [-0.05, 0) is 125 Å². The van der Waals surface area contributed by atoms with Gasteiger partial charge in [0.1, 0.15) is 4.33 Å². The van der Waals surface area contributed by atoms with Gasteiger partial charge in [-0.1, -0.05) is 106 Å². The van der Waals surface area contributed by atoms with Gasteiger partial charge in [-0.3, -0.25) is 0 Å². The van der Waals surface area contributed by atoms with Gasteiger partial charge < -0.3 is 5.73 Å². The largest absolute Gasteiger partial charge is 0.399 e. The molecule has 1 saturated carbocycles. The molecule has 0 saturated heterocycles. The van der Waals surface area contributed by atoms with Crippen molar-refractivity contribution in [2.75, 3.05) is 5.73 Å². The van der Waals surface area contributed by atoms with Crippen LogP contribution >= 0.6 is 34.8 Å². The van der Waals surface area contributed by atoms with Crippen LogP contribution in [0.2, 0.25) is 5.02 Å². The van der Waals surface area contributed by atoms with Crippen LogP contribution in [-0.2, 0) is 5.41 Å². The quantitative estimate of drug-likeness (QED) is 0.147. The molecule has 0 bridgehead atoms. The Morgan fingerprint density at radius 3 is 1.91 bits per heavy atom. The van der Waals surface area contributed by atoms with Crippen molar-refractivity contribution in [1.29, 1.82) is 0 Å². The van der Waals surface area contributed by atoms with Crippen LogP contribution in [0.5, 0.6) is 0 Å². The van der Waals surface area contributed by atoms with Crippen molar-refractivity contribution >= 4 is 46.1 Å². The first-order valence-corrected chi connectivity index (χ1v) is 16.6. The van der Waals surface area contributed by atoms with Gasteiger partial charge in [-0.15, -0.1) is 29.8 Å². The fraction of sp³-hybridized carbons (Fsp3) is 0.450. The number of aryl methyl sites for hydroxylation is 2. The third-order valence-electron chi connectivity index (χ3n) is 9.24. The number of alkyl halides is 2. The van der Waals surface area contributed by atoms with Crippen molar-refractivity contribution in [2.45, 2.75) is 106 Å². The molecule has 0 aliphatic heterocycles. The molecule has 0 heterocycles. The Morgan fingerprint density at radius 1 is 0.955 bits per heavy atom. The minimum absolute atomic E-state index is 0.0921. The standard InChI is InChI=1S/C18H23Cl3.C10H13N.C10H16.C2H6/c1-7-16(5)10-18(20,21)13(4)17(16,6)14-8-11(2)12(3)15(19)9-14;1-7(2)10-6-9(11)5-4-8(10)3;1-6-9(4)7-10(5)8(2)3;1-2/h7-9,13H,1,10H2,2-6H3;4-6H,1,11H2,2-3H3;6-7H,2H2,1,3-5H3;1-2H3/b;;9-6-,10-7-;/t13?,16-,17+;;;/m1.../s1. The summed E-state index contributed by atoms with van der Waals surface area (Å²) in [6.07, 6.45) is 6.92. The van der Waals surface area contributed by atoms with E-state index in [0.717, 1.165) is 33.0 Å². The van der Waals surface area contributed by atoms with Crippen LogP contribution < -0.4 is 5.73 Å². The van der Waals surface area contributed by atoms with E-state index < -0.39 is 4.33 Å². The highest BCUT2D eigenvalue weighted by atomic mass is 35.5. The Morgan fingerprint density at radius 2 is 1.50 bits per heavy atom. The lowest BCUT2D eigenvalue weighted by Gasteiger charge is -2.43. The van der Waals surface area contributed by atoms with E-state index >= 15 is 0 Å². The Labute approximate surface area is 286 Å². The van der Waals surface area contributed by atoms with Crippen molar-refractivity contribution in [3.8, 4) is 0 Å². The molecule has 3 atom stereocenters. The van der Waals surface area contributed by atoms with Gasteiger partial charge in [-0.25, -0.2) is 0 Å². The second-order valence-electron chi connectivity index (χ2n) is 12.4. The van der Waals surface area contributed by atoms with Crippen LogP contribution in [0, 0.1) is 32.1 Å². The van der Waals surface area contributed by atoms with Crippen LogP contribution in [0.15, 0.2) is 85.0 Å². The van der Waals surface area contributed by atoms with E-state index in [0.29, 0.717) is 6.42 Å². The molecular weight excluding hydrogens is 601 g/mol. The topological polar surface area (TPSA) is 26.0 Å². The third kappa shape index (κ3) is 10.2. The van der Waals surface area contributed by atoms with Gasteiger partial charge in [0.25, 0.3) is 0 Å². The normalized spacial score (nSPS) is 22.3. The summed E-state index contributed by atoms with van der Waals surface area (Å²) in [7, 11) is 0. The highest BCUT2D eigenvalue weighted by molar-refractivity contribution is 6.49. The number of anilines is 1. The summed E-state index contributed by atoms with van der Waals surface area (Å²) in [5, 5.41) is 0.798. The number of halogens is 3. The molecule has 1 aliphatic rings. The van der Waals surface area contributed by atoms with E-state index in [1.54, 1.807) is 0 Å². The van der Waals surface area contributed by atoms with Gasteiger partial charge in [0.15, 0.2) is 0 Å². The predicted octanol–water partition coefficient (Wildman–Crippen LogP) is 13.7. The van der Waals surface area contributed by atoms with E-state index in [1.807, 2.05) is 65.8 Å². The lowest BCUT2D eigenvalue weighted by molar-refractivity contribution is 0.221. The fourth-order valence-corrected chi connectivity index (χ4v) is 6.63. The van der Waals surface area contributed by atoms with E-state index in [9.17, 15) is 0 Å². The predicted molar refractivity (Wildman–Crippen MR) is 204 cm³/mol. The van der Waals surface area contributed by atoms with Crippen molar-refractivity contribution in [3.05, 3.63) is 118 Å². The highest BCUT2D eigenvalue weighted by Gasteiger charge is 2.62. The zero-order valence-corrected chi connectivity index (χ0v) is 32.0. The summed E-state index contributed by atoms with van der Waals surface area (Å²) < 4.78 is -0.761. The lowest BCUT2D eigenvalue weighted by atomic mass is 9.61. The first kappa shape index (κ1) is 41.8. The minimum atomic E-state index is -0.761. The smallest absolute Gasteiger partial charge is 0.122 e. The van der Waals surface area contributed by atoms with Crippen LogP contribution in [0.3, 0.4) is 0 Å². The molecule has 2 aromatic carbocycles. The molecule has 3 rings (SSSR count). The van der Waals surface area contributed by atoms with E-state index in [4.69, 9.17) is 40.5 Å².